The third-order valence-electron chi connectivity index (χ3n) is 2.99. The zero-order chi connectivity index (χ0) is 14.3. The van der Waals surface area contributed by atoms with Crippen molar-refractivity contribution < 1.29 is 9.47 Å². The molecule has 0 heterocycles. The van der Waals surface area contributed by atoms with E-state index in [2.05, 4.69) is 30.1 Å². The van der Waals surface area contributed by atoms with Crippen molar-refractivity contribution in [1.82, 2.24) is 10.2 Å². The summed E-state index contributed by atoms with van der Waals surface area (Å²) in [5.74, 6) is 1.60. The molecule has 0 aliphatic heterocycles. The lowest BCUT2D eigenvalue weighted by molar-refractivity contribution is 0.250. The van der Waals surface area contributed by atoms with Gasteiger partial charge in [0.2, 0.25) is 0 Å². The van der Waals surface area contributed by atoms with Crippen molar-refractivity contribution in [3.63, 3.8) is 0 Å². The average Bonchev–Trinajstić information content (AvgIpc) is 2.38. The molecule has 1 aromatic rings. The lowest BCUT2D eigenvalue weighted by Gasteiger charge is -2.17. The number of hydrogen-bond acceptors (Lipinski definition) is 4. The van der Waals surface area contributed by atoms with Crippen molar-refractivity contribution in [2.45, 2.75) is 19.9 Å². The van der Waals surface area contributed by atoms with E-state index in [4.69, 9.17) is 9.47 Å². The highest BCUT2D eigenvalue weighted by Crippen LogP contribution is 2.30. The topological polar surface area (TPSA) is 33.7 Å². The number of hydrogen-bond donors (Lipinski definition) is 1. The molecule has 1 aromatic carbocycles. The number of nitrogens with one attached hydrogen (secondary N) is 1. The van der Waals surface area contributed by atoms with E-state index in [0.29, 0.717) is 12.6 Å². The summed E-state index contributed by atoms with van der Waals surface area (Å²) in [5.41, 5.74) is 1.21. The predicted octanol–water partition coefficient (Wildman–Crippen LogP) is 2.31. The molecule has 0 aliphatic rings. The molecule has 1 atom stereocenters. The van der Waals surface area contributed by atoms with Gasteiger partial charge >= 0.3 is 0 Å². The van der Waals surface area contributed by atoms with Crippen molar-refractivity contribution in [2.75, 3.05) is 40.9 Å². The Balaban J connectivity index is 2.72. The predicted molar refractivity (Wildman–Crippen MR) is 79.1 cm³/mol. The van der Waals surface area contributed by atoms with E-state index in [1.165, 1.54) is 5.56 Å². The standard InChI is InChI=1S/C15H26N2O2/c1-6-16-12(2)13-7-8-14(15(11-13)18-5)19-10-9-17(3)4/h7-8,11-12,16H,6,9-10H2,1-5H3. The van der Waals surface area contributed by atoms with Gasteiger partial charge in [-0.15, -0.1) is 0 Å². The summed E-state index contributed by atoms with van der Waals surface area (Å²) in [6, 6.07) is 6.42. The van der Waals surface area contributed by atoms with Gasteiger partial charge in [0.05, 0.1) is 7.11 Å². The van der Waals surface area contributed by atoms with Crippen molar-refractivity contribution in [3.05, 3.63) is 23.8 Å². The van der Waals surface area contributed by atoms with Crippen LogP contribution in [0, 0.1) is 0 Å². The van der Waals surface area contributed by atoms with Gasteiger partial charge in [0, 0.05) is 12.6 Å². The molecule has 0 bridgehead atoms. The van der Waals surface area contributed by atoms with Gasteiger partial charge in [0.1, 0.15) is 6.61 Å². The van der Waals surface area contributed by atoms with Gasteiger partial charge in [-0.3, -0.25) is 0 Å². The number of benzene rings is 1. The second-order valence-corrected chi connectivity index (χ2v) is 4.84. The number of nitrogens with zero attached hydrogens (tertiary/aromatic N) is 1. The molecular weight excluding hydrogens is 240 g/mol. The first kappa shape index (κ1) is 15.8. The van der Waals surface area contributed by atoms with Crippen LogP contribution in [0.1, 0.15) is 25.5 Å². The van der Waals surface area contributed by atoms with Gasteiger partial charge in [-0.25, -0.2) is 0 Å². The fourth-order valence-electron chi connectivity index (χ4n) is 1.83. The average molecular weight is 266 g/mol. The summed E-state index contributed by atoms with van der Waals surface area (Å²) in [7, 11) is 5.74. The Morgan fingerprint density at radius 3 is 2.58 bits per heavy atom. The van der Waals surface area contributed by atoms with Crippen LogP contribution in [0.3, 0.4) is 0 Å². The minimum atomic E-state index is 0.315. The Kier molecular flexibility index (Phi) is 6.67. The summed E-state index contributed by atoms with van der Waals surface area (Å²) in [4.78, 5) is 2.09. The Labute approximate surface area is 116 Å². The molecule has 0 saturated heterocycles. The number of methoxy groups -OCH3 is 1. The van der Waals surface area contributed by atoms with Crippen molar-refractivity contribution in [1.29, 1.82) is 0 Å². The molecule has 1 unspecified atom stereocenters. The maximum atomic E-state index is 5.75. The normalized spacial score (nSPS) is 12.5. The summed E-state index contributed by atoms with van der Waals surface area (Å²) < 4.78 is 11.2. The van der Waals surface area contributed by atoms with Crippen molar-refractivity contribution >= 4 is 0 Å². The molecule has 0 spiro atoms. The van der Waals surface area contributed by atoms with Crippen molar-refractivity contribution in [3.8, 4) is 11.5 Å². The lowest BCUT2D eigenvalue weighted by Crippen LogP contribution is -2.20. The van der Waals surface area contributed by atoms with Crippen LogP contribution in [-0.2, 0) is 0 Å². The molecule has 0 radical (unpaired) electrons. The molecule has 0 saturated carbocycles. The van der Waals surface area contributed by atoms with E-state index in [1.54, 1.807) is 7.11 Å². The van der Waals surface area contributed by atoms with Gasteiger partial charge in [-0.2, -0.15) is 0 Å². The molecule has 0 amide bonds. The Hall–Kier alpha value is -1.26. The van der Waals surface area contributed by atoms with Crippen LogP contribution < -0.4 is 14.8 Å². The van der Waals surface area contributed by atoms with Crippen LogP contribution in [-0.4, -0.2) is 45.8 Å². The van der Waals surface area contributed by atoms with Gasteiger partial charge in [-0.1, -0.05) is 13.0 Å². The third kappa shape index (κ3) is 5.09. The highest BCUT2D eigenvalue weighted by atomic mass is 16.5. The SMILES string of the molecule is CCNC(C)c1ccc(OCCN(C)C)c(OC)c1. The van der Waals surface area contributed by atoms with Crippen LogP contribution in [0.5, 0.6) is 11.5 Å². The maximum Gasteiger partial charge on any atom is 0.161 e. The molecule has 1 N–H and O–H groups in total. The molecule has 0 aliphatic carbocycles. The van der Waals surface area contributed by atoms with E-state index in [1.807, 2.05) is 26.2 Å². The highest BCUT2D eigenvalue weighted by Gasteiger charge is 2.09. The monoisotopic (exact) mass is 266 g/mol. The molecule has 0 fully saturated rings. The quantitative estimate of drug-likeness (QED) is 0.783. The number of rotatable bonds is 8. The first-order valence-electron chi connectivity index (χ1n) is 6.77. The van der Waals surface area contributed by atoms with Gasteiger partial charge in [0.15, 0.2) is 11.5 Å². The second-order valence-electron chi connectivity index (χ2n) is 4.84. The first-order chi connectivity index (χ1) is 9.08. The minimum Gasteiger partial charge on any atom is -0.493 e. The minimum absolute atomic E-state index is 0.315. The Bertz CT molecular complexity index is 380. The summed E-state index contributed by atoms with van der Waals surface area (Å²) in [6.45, 7) is 6.74. The fraction of sp³-hybridized carbons (Fsp3) is 0.600. The van der Waals surface area contributed by atoms with E-state index in [-0.39, 0.29) is 0 Å². The molecule has 4 heteroatoms. The Morgan fingerprint density at radius 1 is 1.26 bits per heavy atom. The second kappa shape index (κ2) is 8.02. The van der Waals surface area contributed by atoms with Gasteiger partial charge < -0.3 is 19.7 Å². The smallest absolute Gasteiger partial charge is 0.161 e. The molecule has 108 valence electrons. The van der Waals surface area contributed by atoms with Crippen LogP contribution in [0.25, 0.3) is 0 Å². The van der Waals surface area contributed by atoms with E-state index in [0.717, 1.165) is 24.6 Å². The molecule has 4 nitrogen and oxygen atoms in total. The molecule has 1 rings (SSSR count). The van der Waals surface area contributed by atoms with Crippen LogP contribution >= 0.6 is 0 Å². The summed E-state index contributed by atoms with van der Waals surface area (Å²) >= 11 is 0. The van der Waals surface area contributed by atoms with E-state index in [9.17, 15) is 0 Å². The fourth-order valence-corrected chi connectivity index (χ4v) is 1.83. The molecule has 19 heavy (non-hydrogen) atoms. The maximum absolute atomic E-state index is 5.75. The van der Waals surface area contributed by atoms with Crippen LogP contribution in [0.4, 0.5) is 0 Å². The van der Waals surface area contributed by atoms with Gasteiger partial charge in [0.25, 0.3) is 0 Å². The summed E-state index contributed by atoms with van der Waals surface area (Å²) in [5, 5.41) is 3.39. The van der Waals surface area contributed by atoms with Gasteiger partial charge in [-0.05, 0) is 45.3 Å². The lowest BCUT2D eigenvalue weighted by atomic mass is 10.1. The van der Waals surface area contributed by atoms with E-state index < -0.39 is 0 Å². The number of likely N-dealkylation sites (N-methyl/N-ethyl adjacent to an activating group) is 1. The number of ether oxygens (including phenoxy) is 2. The van der Waals surface area contributed by atoms with E-state index >= 15 is 0 Å². The zero-order valence-corrected chi connectivity index (χ0v) is 12.7. The first-order valence-corrected chi connectivity index (χ1v) is 6.77. The zero-order valence-electron chi connectivity index (χ0n) is 12.7. The third-order valence-corrected chi connectivity index (χ3v) is 2.99. The van der Waals surface area contributed by atoms with Crippen LogP contribution in [0.15, 0.2) is 18.2 Å². The Morgan fingerprint density at radius 2 is 2.00 bits per heavy atom. The highest BCUT2D eigenvalue weighted by molar-refractivity contribution is 5.43. The molecule has 0 aromatic heterocycles. The molecular formula is C15H26N2O2. The summed E-state index contributed by atoms with van der Waals surface area (Å²) in [6.07, 6.45) is 0. The van der Waals surface area contributed by atoms with Crippen molar-refractivity contribution in [2.24, 2.45) is 0 Å². The largest absolute Gasteiger partial charge is 0.493 e. The van der Waals surface area contributed by atoms with Crippen LogP contribution in [0.2, 0.25) is 0 Å².